The first-order chi connectivity index (χ1) is 14.8. The van der Waals surface area contributed by atoms with Crippen molar-refractivity contribution in [2.75, 3.05) is 6.61 Å². The van der Waals surface area contributed by atoms with Gasteiger partial charge in [-0.25, -0.2) is 9.59 Å². The van der Waals surface area contributed by atoms with Crippen LogP contribution < -0.4 is 5.32 Å². The number of nitrogens with one attached hydrogen (secondary N) is 1. The van der Waals surface area contributed by atoms with Crippen molar-refractivity contribution >= 4 is 12.1 Å². The molecular formula is C23H22F3NO4. The Balaban J connectivity index is 2.20. The number of benzene rings is 2. The molecule has 31 heavy (non-hydrogen) atoms. The van der Waals surface area contributed by atoms with E-state index in [2.05, 4.69) is 10.7 Å². The van der Waals surface area contributed by atoms with Crippen molar-refractivity contribution in [3.8, 4) is 11.8 Å². The number of hydrogen-bond donors (Lipinski definition) is 1. The average Bonchev–Trinajstić information content (AvgIpc) is 2.75. The summed E-state index contributed by atoms with van der Waals surface area (Å²) in [7, 11) is 0. The molecule has 1 N–H and O–H groups in total. The van der Waals surface area contributed by atoms with E-state index in [1.54, 1.807) is 47.8 Å². The lowest BCUT2D eigenvalue weighted by atomic mass is 9.99. The first kappa shape index (κ1) is 23.8. The van der Waals surface area contributed by atoms with Gasteiger partial charge in [-0.3, -0.25) is 5.32 Å². The predicted molar refractivity (Wildman–Crippen MR) is 108 cm³/mol. The van der Waals surface area contributed by atoms with Crippen LogP contribution in [-0.2, 0) is 27.3 Å². The monoisotopic (exact) mass is 433 g/mol. The molecule has 0 fully saturated rings. The number of esters is 1. The van der Waals surface area contributed by atoms with Crippen LogP contribution in [0.3, 0.4) is 0 Å². The molecule has 8 heteroatoms. The molecule has 2 rings (SSSR count). The van der Waals surface area contributed by atoms with Crippen molar-refractivity contribution in [3.05, 3.63) is 71.8 Å². The number of halogens is 3. The Bertz CT molecular complexity index is 921. The molecule has 1 amide bonds. The average molecular weight is 433 g/mol. The van der Waals surface area contributed by atoms with Gasteiger partial charge in [-0.2, -0.15) is 13.2 Å². The molecule has 0 heterocycles. The summed E-state index contributed by atoms with van der Waals surface area (Å²) in [5.74, 6) is 2.54. The summed E-state index contributed by atoms with van der Waals surface area (Å²) in [6, 6.07) is 17.4. The van der Waals surface area contributed by atoms with E-state index in [1.807, 2.05) is 24.1 Å². The van der Waals surface area contributed by atoms with E-state index in [0.29, 0.717) is 12.0 Å². The third-order valence-electron chi connectivity index (χ3n) is 4.17. The zero-order valence-electron chi connectivity index (χ0n) is 16.9. The predicted octanol–water partition coefficient (Wildman–Crippen LogP) is 4.41. The van der Waals surface area contributed by atoms with Gasteiger partial charge in [-0.1, -0.05) is 72.5 Å². The van der Waals surface area contributed by atoms with Gasteiger partial charge >= 0.3 is 18.2 Å². The van der Waals surface area contributed by atoms with Crippen LogP contribution in [0.15, 0.2) is 60.7 Å². The topological polar surface area (TPSA) is 64.6 Å². The van der Waals surface area contributed by atoms with Crippen LogP contribution >= 0.6 is 0 Å². The zero-order chi connectivity index (χ0) is 22.7. The molecule has 0 radical (unpaired) electrons. The number of rotatable bonds is 7. The number of hydrogen-bond acceptors (Lipinski definition) is 4. The number of ether oxygens (including phenoxy) is 2. The smallest absolute Gasteiger partial charge is 0.434 e. The molecule has 0 aromatic heterocycles. The Morgan fingerprint density at radius 3 is 2.06 bits per heavy atom. The van der Waals surface area contributed by atoms with Crippen LogP contribution in [0.5, 0.6) is 0 Å². The van der Waals surface area contributed by atoms with Gasteiger partial charge in [0, 0.05) is 6.42 Å². The van der Waals surface area contributed by atoms with Crippen molar-refractivity contribution < 1.29 is 32.2 Å². The molecule has 1 atom stereocenters. The molecule has 2 aromatic rings. The van der Waals surface area contributed by atoms with E-state index < -0.39 is 23.8 Å². The number of alkyl halides is 3. The van der Waals surface area contributed by atoms with Crippen molar-refractivity contribution in [2.24, 2.45) is 0 Å². The zero-order valence-corrected chi connectivity index (χ0v) is 16.9. The van der Waals surface area contributed by atoms with Crippen molar-refractivity contribution in [2.45, 2.75) is 38.1 Å². The number of amides is 1. The van der Waals surface area contributed by atoms with E-state index in [4.69, 9.17) is 4.74 Å². The molecule has 0 aliphatic carbocycles. The van der Waals surface area contributed by atoms with E-state index in [0.717, 1.165) is 5.56 Å². The number of carbonyl (C=O) groups excluding carboxylic acids is 2. The highest BCUT2D eigenvalue weighted by Gasteiger charge is 2.63. The van der Waals surface area contributed by atoms with Gasteiger partial charge in [0.25, 0.3) is 5.54 Å². The largest absolute Gasteiger partial charge is 0.463 e. The lowest BCUT2D eigenvalue weighted by Crippen LogP contribution is -2.63. The SMILES string of the molecule is CCOC(=O)[C@](C#CCCc1ccccc1)(NC(=O)OCc1ccccc1)C(F)(F)F. The maximum Gasteiger partial charge on any atom is 0.434 e. The molecule has 0 unspecified atom stereocenters. The molecule has 2 aromatic carbocycles. The molecule has 5 nitrogen and oxygen atoms in total. The minimum absolute atomic E-state index is 0.0436. The van der Waals surface area contributed by atoms with Gasteiger partial charge in [-0.05, 0) is 24.5 Å². The molecule has 0 spiro atoms. The van der Waals surface area contributed by atoms with Gasteiger partial charge < -0.3 is 9.47 Å². The summed E-state index contributed by atoms with van der Waals surface area (Å²) < 4.78 is 51.3. The quantitative estimate of drug-likeness (QED) is 0.519. The number of aryl methyl sites for hydroxylation is 1. The Morgan fingerprint density at radius 2 is 1.52 bits per heavy atom. The number of carbonyl (C=O) groups is 2. The molecule has 0 saturated heterocycles. The van der Waals surface area contributed by atoms with Gasteiger partial charge in [0.2, 0.25) is 0 Å². The molecule has 164 valence electrons. The number of alkyl carbamates (subject to hydrolysis) is 1. The Labute approximate surface area is 178 Å². The minimum atomic E-state index is -5.23. The first-order valence-corrected chi connectivity index (χ1v) is 9.55. The molecular weight excluding hydrogens is 411 g/mol. The van der Waals surface area contributed by atoms with Gasteiger partial charge in [0.15, 0.2) is 0 Å². The fourth-order valence-corrected chi connectivity index (χ4v) is 2.59. The van der Waals surface area contributed by atoms with Crippen LogP contribution in [0.1, 0.15) is 24.5 Å². The van der Waals surface area contributed by atoms with E-state index in [-0.39, 0.29) is 19.6 Å². The van der Waals surface area contributed by atoms with E-state index in [1.165, 1.54) is 6.92 Å². The van der Waals surface area contributed by atoms with Crippen LogP contribution in [0, 0.1) is 11.8 Å². The summed E-state index contributed by atoms with van der Waals surface area (Å²) in [4.78, 5) is 24.4. The third-order valence-corrected chi connectivity index (χ3v) is 4.17. The highest BCUT2D eigenvalue weighted by Crippen LogP contribution is 2.32. The second kappa shape index (κ2) is 11.1. The van der Waals surface area contributed by atoms with Crippen LogP contribution in [0.2, 0.25) is 0 Å². The van der Waals surface area contributed by atoms with Gasteiger partial charge in [-0.15, -0.1) is 0 Å². The lowest BCUT2D eigenvalue weighted by molar-refractivity contribution is -0.198. The Kier molecular flexibility index (Phi) is 8.50. The van der Waals surface area contributed by atoms with Crippen LogP contribution in [-0.4, -0.2) is 30.4 Å². The highest BCUT2D eigenvalue weighted by molar-refractivity contribution is 5.90. The highest BCUT2D eigenvalue weighted by atomic mass is 19.4. The second-order valence-electron chi connectivity index (χ2n) is 6.44. The summed E-state index contributed by atoms with van der Waals surface area (Å²) in [6.45, 7) is 0.767. The first-order valence-electron chi connectivity index (χ1n) is 9.55. The summed E-state index contributed by atoms with van der Waals surface area (Å²) in [5.41, 5.74) is -2.09. The minimum Gasteiger partial charge on any atom is -0.463 e. The van der Waals surface area contributed by atoms with Crippen LogP contribution in [0.25, 0.3) is 0 Å². The lowest BCUT2D eigenvalue weighted by Gasteiger charge is -2.29. The van der Waals surface area contributed by atoms with Crippen LogP contribution in [0.4, 0.5) is 18.0 Å². The Hall–Kier alpha value is -3.47. The van der Waals surface area contributed by atoms with Gasteiger partial charge in [0.1, 0.15) is 6.61 Å². The molecule has 0 saturated carbocycles. The molecule has 0 aliphatic heterocycles. The maximum atomic E-state index is 13.9. The van der Waals surface area contributed by atoms with E-state index >= 15 is 0 Å². The fourth-order valence-electron chi connectivity index (χ4n) is 2.59. The molecule has 0 aliphatic rings. The normalized spacial score (nSPS) is 12.6. The standard InChI is InChI=1S/C23H22F3NO4/c1-2-30-20(28)22(23(24,25)26,16-10-9-13-18-11-5-3-6-12-18)27-21(29)31-17-19-14-7-4-8-15-19/h3-8,11-12,14-15H,2,9,13,17H2,1H3,(H,27,29)/t22-/m0/s1. The summed E-state index contributed by atoms with van der Waals surface area (Å²) in [5, 5.41) is 1.59. The Morgan fingerprint density at radius 1 is 0.935 bits per heavy atom. The maximum absolute atomic E-state index is 13.9. The second-order valence-corrected chi connectivity index (χ2v) is 6.44. The summed E-state index contributed by atoms with van der Waals surface area (Å²) >= 11 is 0. The molecule has 0 bridgehead atoms. The fraction of sp³-hybridized carbons (Fsp3) is 0.304. The van der Waals surface area contributed by atoms with E-state index in [9.17, 15) is 22.8 Å². The van der Waals surface area contributed by atoms with Crippen molar-refractivity contribution in [3.63, 3.8) is 0 Å². The van der Waals surface area contributed by atoms with Gasteiger partial charge in [0.05, 0.1) is 6.61 Å². The van der Waals surface area contributed by atoms with Crippen molar-refractivity contribution in [1.29, 1.82) is 0 Å². The third kappa shape index (κ3) is 6.78. The summed E-state index contributed by atoms with van der Waals surface area (Å²) in [6.07, 6.45) is -6.25. The van der Waals surface area contributed by atoms with Crippen molar-refractivity contribution in [1.82, 2.24) is 5.32 Å².